The highest BCUT2D eigenvalue weighted by Crippen LogP contribution is 2.25. The maximum atomic E-state index is 12.2. The van der Waals surface area contributed by atoms with Crippen LogP contribution in [0.5, 0.6) is 0 Å². The molecule has 0 aliphatic rings. The Bertz CT molecular complexity index is 997. The zero-order valence-corrected chi connectivity index (χ0v) is 12.5. The van der Waals surface area contributed by atoms with Crippen LogP contribution in [0.2, 0.25) is 0 Å². The van der Waals surface area contributed by atoms with Crippen molar-refractivity contribution in [3.05, 3.63) is 72.8 Å². The van der Waals surface area contributed by atoms with Gasteiger partial charge in [0.15, 0.2) is 5.58 Å². The molecule has 0 saturated heterocycles. The normalized spacial score (nSPS) is 10.7. The zero-order valence-electron chi connectivity index (χ0n) is 12.5. The lowest BCUT2D eigenvalue weighted by Gasteiger charge is -2.03. The lowest BCUT2D eigenvalue weighted by molar-refractivity contribution is 0.102. The Kier molecular flexibility index (Phi) is 3.47. The average Bonchev–Trinajstić information content (AvgIpc) is 3.06. The molecule has 0 spiro atoms. The number of nitrogens with one attached hydrogen (secondary N) is 1. The number of aromatic nitrogens is 3. The third-order valence-corrected chi connectivity index (χ3v) is 3.47. The highest BCUT2D eigenvalue weighted by Gasteiger charge is 2.11. The molecule has 1 amide bonds. The summed E-state index contributed by atoms with van der Waals surface area (Å²) in [4.78, 5) is 24.6. The number of carbonyl (C=O) groups excluding carboxylic acids is 1. The Labute approximate surface area is 137 Å². The lowest BCUT2D eigenvalue weighted by atomic mass is 10.2. The van der Waals surface area contributed by atoms with Crippen molar-refractivity contribution >= 4 is 22.7 Å². The van der Waals surface area contributed by atoms with Crippen LogP contribution in [0.15, 0.2) is 71.5 Å². The Balaban J connectivity index is 1.63. The van der Waals surface area contributed by atoms with Crippen molar-refractivity contribution in [2.75, 3.05) is 5.32 Å². The zero-order chi connectivity index (χ0) is 16.4. The number of oxazole rings is 1. The molecule has 4 aromatic rings. The number of pyridine rings is 2. The Morgan fingerprint density at radius 1 is 1.00 bits per heavy atom. The fraction of sp³-hybridized carbons (Fsp3) is 0. The molecule has 4 rings (SSSR count). The maximum absolute atomic E-state index is 12.2. The summed E-state index contributed by atoms with van der Waals surface area (Å²) in [5.41, 5.74) is 3.15. The van der Waals surface area contributed by atoms with Gasteiger partial charge < -0.3 is 9.73 Å². The first-order chi connectivity index (χ1) is 11.8. The SMILES string of the molecule is O=C(Nc1ccc2oc(-c3ccncc3)nc2c1)c1ccccn1. The molecular weight excluding hydrogens is 304 g/mol. The van der Waals surface area contributed by atoms with Gasteiger partial charge in [0.2, 0.25) is 5.89 Å². The maximum Gasteiger partial charge on any atom is 0.274 e. The van der Waals surface area contributed by atoms with E-state index in [9.17, 15) is 4.79 Å². The molecule has 1 aromatic carbocycles. The van der Waals surface area contributed by atoms with Gasteiger partial charge in [-0.25, -0.2) is 4.98 Å². The first-order valence-corrected chi connectivity index (χ1v) is 7.33. The fourth-order valence-electron chi connectivity index (χ4n) is 2.32. The summed E-state index contributed by atoms with van der Waals surface area (Å²) in [7, 11) is 0. The van der Waals surface area contributed by atoms with Gasteiger partial charge in [0.25, 0.3) is 5.91 Å². The minimum absolute atomic E-state index is 0.271. The number of carbonyl (C=O) groups is 1. The van der Waals surface area contributed by atoms with Crippen LogP contribution >= 0.6 is 0 Å². The standard InChI is InChI=1S/C18H12N4O2/c23-17(14-3-1-2-8-20-14)21-13-4-5-16-15(11-13)22-18(24-16)12-6-9-19-10-7-12/h1-11H,(H,21,23). The quantitative estimate of drug-likeness (QED) is 0.625. The van der Waals surface area contributed by atoms with Crippen molar-refractivity contribution in [3.63, 3.8) is 0 Å². The fourth-order valence-corrected chi connectivity index (χ4v) is 2.32. The van der Waals surface area contributed by atoms with Crippen molar-refractivity contribution in [1.82, 2.24) is 15.0 Å². The van der Waals surface area contributed by atoms with Gasteiger partial charge in [0.05, 0.1) is 0 Å². The van der Waals surface area contributed by atoms with E-state index in [2.05, 4.69) is 20.3 Å². The van der Waals surface area contributed by atoms with Crippen LogP contribution in [0.1, 0.15) is 10.5 Å². The molecule has 0 saturated carbocycles. The summed E-state index contributed by atoms with van der Waals surface area (Å²) in [6.45, 7) is 0. The Hall–Kier alpha value is -3.54. The molecule has 0 aliphatic carbocycles. The van der Waals surface area contributed by atoms with Crippen LogP contribution in [-0.2, 0) is 0 Å². The third-order valence-electron chi connectivity index (χ3n) is 3.47. The summed E-state index contributed by atoms with van der Waals surface area (Å²) in [5.74, 6) is 0.244. The minimum atomic E-state index is -0.271. The molecule has 1 N–H and O–H groups in total. The van der Waals surface area contributed by atoms with E-state index >= 15 is 0 Å². The van der Waals surface area contributed by atoms with Gasteiger partial charge in [-0.05, 0) is 42.5 Å². The van der Waals surface area contributed by atoms with E-state index in [1.165, 1.54) is 0 Å². The predicted molar refractivity (Wildman–Crippen MR) is 89.4 cm³/mol. The molecule has 3 heterocycles. The van der Waals surface area contributed by atoms with Crippen LogP contribution in [0.3, 0.4) is 0 Å². The molecule has 0 fully saturated rings. The van der Waals surface area contributed by atoms with Crippen molar-refractivity contribution in [3.8, 4) is 11.5 Å². The molecule has 0 aliphatic heterocycles. The molecule has 3 aromatic heterocycles. The first-order valence-electron chi connectivity index (χ1n) is 7.33. The van der Waals surface area contributed by atoms with Crippen molar-refractivity contribution in [1.29, 1.82) is 0 Å². The summed E-state index contributed by atoms with van der Waals surface area (Å²) in [6.07, 6.45) is 4.95. The van der Waals surface area contributed by atoms with Gasteiger partial charge in [-0.2, -0.15) is 0 Å². The average molecular weight is 316 g/mol. The van der Waals surface area contributed by atoms with E-state index in [1.807, 2.05) is 12.1 Å². The number of amides is 1. The van der Waals surface area contributed by atoms with E-state index in [4.69, 9.17) is 4.42 Å². The molecule has 6 heteroatoms. The number of nitrogens with zero attached hydrogens (tertiary/aromatic N) is 3. The van der Waals surface area contributed by atoms with E-state index in [-0.39, 0.29) is 5.91 Å². The van der Waals surface area contributed by atoms with Gasteiger partial charge in [-0.3, -0.25) is 14.8 Å². The Morgan fingerprint density at radius 3 is 2.67 bits per heavy atom. The van der Waals surface area contributed by atoms with Gasteiger partial charge in [-0.1, -0.05) is 6.07 Å². The van der Waals surface area contributed by atoms with Crippen LogP contribution in [0.25, 0.3) is 22.6 Å². The highest BCUT2D eigenvalue weighted by molar-refractivity contribution is 6.03. The monoisotopic (exact) mass is 316 g/mol. The second-order valence-corrected chi connectivity index (χ2v) is 5.11. The lowest BCUT2D eigenvalue weighted by Crippen LogP contribution is -2.13. The van der Waals surface area contributed by atoms with E-state index in [0.29, 0.717) is 28.4 Å². The topological polar surface area (TPSA) is 80.9 Å². The van der Waals surface area contributed by atoms with E-state index < -0.39 is 0 Å². The number of benzene rings is 1. The molecule has 0 unspecified atom stereocenters. The van der Waals surface area contributed by atoms with Gasteiger partial charge in [0, 0.05) is 29.8 Å². The summed E-state index contributed by atoms with van der Waals surface area (Å²) >= 11 is 0. The number of rotatable bonds is 3. The van der Waals surface area contributed by atoms with Gasteiger partial charge in [-0.15, -0.1) is 0 Å². The number of hydrogen-bond donors (Lipinski definition) is 1. The molecule has 0 atom stereocenters. The van der Waals surface area contributed by atoms with Crippen LogP contribution in [-0.4, -0.2) is 20.9 Å². The van der Waals surface area contributed by atoms with Gasteiger partial charge >= 0.3 is 0 Å². The molecule has 6 nitrogen and oxygen atoms in total. The number of hydrogen-bond acceptors (Lipinski definition) is 5. The predicted octanol–water partition coefficient (Wildman–Crippen LogP) is 3.54. The smallest absolute Gasteiger partial charge is 0.274 e. The van der Waals surface area contributed by atoms with Crippen molar-refractivity contribution in [2.45, 2.75) is 0 Å². The number of fused-ring (bicyclic) bond motifs is 1. The minimum Gasteiger partial charge on any atom is -0.436 e. The second kappa shape index (κ2) is 5.92. The van der Waals surface area contributed by atoms with E-state index in [1.54, 1.807) is 55.0 Å². The van der Waals surface area contributed by atoms with Crippen LogP contribution in [0.4, 0.5) is 5.69 Å². The summed E-state index contributed by atoms with van der Waals surface area (Å²) in [6, 6.07) is 14.2. The van der Waals surface area contributed by atoms with E-state index in [0.717, 1.165) is 5.56 Å². The number of anilines is 1. The molecule has 116 valence electrons. The summed E-state index contributed by atoms with van der Waals surface area (Å²) < 4.78 is 5.73. The van der Waals surface area contributed by atoms with Crippen molar-refractivity contribution in [2.24, 2.45) is 0 Å². The van der Waals surface area contributed by atoms with Gasteiger partial charge in [0.1, 0.15) is 11.2 Å². The second-order valence-electron chi connectivity index (χ2n) is 5.11. The molecule has 0 bridgehead atoms. The third kappa shape index (κ3) is 2.72. The first kappa shape index (κ1) is 14.1. The summed E-state index contributed by atoms with van der Waals surface area (Å²) in [5, 5.41) is 2.81. The molecule has 0 radical (unpaired) electrons. The molecule has 24 heavy (non-hydrogen) atoms. The molecular formula is C18H12N4O2. The van der Waals surface area contributed by atoms with Crippen LogP contribution < -0.4 is 5.32 Å². The highest BCUT2D eigenvalue weighted by atomic mass is 16.3. The van der Waals surface area contributed by atoms with Crippen molar-refractivity contribution < 1.29 is 9.21 Å². The Morgan fingerprint density at radius 2 is 1.88 bits per heavy atom. The largest absolute Gasteiger partial charge is 0.436 e. The van der Waals surface area contributed by atoms with Crippen LogP contribution in [0, 0.1) is 0 Å².